The Hall–Kier alpha value is -0.790. The maximum atomic E-state index is 11.2. The average Bonchev–Trinajstić information content (AvgIpc) is 2.81. The van der Waals surface area contributed by atoms with Crippen LogP contribution < -0.4 is 0 Å². The highest BCUT2D eigenvalue weighted by molar-refractivity contribution is 5.76. The number of fused-ring (bicyclic) bond motifs is 5. The fourth-order valence-corrected chi connectivity index (χ4v) is 2.78. The van der Waals surface area contributed by atoms with E-state index in [-0.39, 0.29) is 11.9 Å². The Labute approximate surface area is 79.0 Å². The smallest absolute Gasteiger partial charge is 0.309 e. The maximum absolute atomic E-state index is 11.2. The lowest BCUT2D eigenvalue weighted by Crippen LogP contribution is -2.19. The molecular formula is C11H16O2. The Morgan fingerprint density at radius 2 is 2.00 bits per heavy atom. The second kappa shape index (κ2) is 3.17. The van der Waals surface area contributed by atoms with Crippen LogP contribution in [-0.4, -0.2) is 12.6 Å². The van der Waals surface area contributed by atoms with E-state index in [4.69, 9.17) is 4.74 Å². The quantitative estimate of drug-likeness (QED) is 0.421. The Kier molecular flexibility index (Phi) is 2.14. The molecule has 4 atom stereocenters. The zero-order valence-electron chi connectivity index (χ0n) is 8.19. The van der Waals surface area contributed by atoms with Gasteiger partial charge in [-0.1, -0.05) is 26.0 Å². The van der Waals surface area contributed by atoms with E-state index >= 15 is 0 Å². The normalized spacial score (nSPS) is 44.0. The Balaban J connectivity index is 0.000000308. The summed E-state index contributed by atoms with van der Waals surface area (Å²) in [6.07, 6.45) is 5.65. The van der Waals surface area contributed by atoms with Crippen molar-refractivity contribution in [3.8, 4) is 0 Å². The van der Waals surface area contributed by atoms with E-state index in [0.717, 1.165) is 0 Å². The van der Waals surface area contributed by atoms with Crippen molar-refractivity contribution in [2.24, 2.45) is 23.7 Å². The molecule has 2 heteroatoms. The van der Waals surface area contributed by atoms with E-state index in [1.807, 2.05) is 13.8 Å². The number of carbonyl (C=O) groups excluding carboxylic acids is 1. The van der Waals surface area contributed by atoms with Crippen molar-refractivity contribution in [2.75, 3.05) is 6.61 Å². The molecule has 2 fully saturated rings. The molecule has 0 aromatic heterocycles. The molecule has 1 aliphatic heterocycles. The van der Waals surface area contributed by atoms with Gasteiger partial charge in [-0.2, -0.15) is 0 Å². The van der Waals surface area contributed by atoms with E-state index < -0.39 is 0 Å². The van der Waals surface area contributed by atoms with Crippen LogP contribution in [0.3, 0.4) is 0 Å². The molecule has 0 aromatic rings. The zero-order chi connectivity index (χ0) is 9.42. The molecule has 1 saturated heterocycles. The molecular weight excluding hydrogens is 164 g/mol. The second-order valence-corrected chi connectivity index (χ2v) is 3.77. The first-order valence-corrected chi connectivity index (χ1v) is 5.21. The fraction of sp³-hybridized carbons (Fsp3) is 0.727. The molecule has 4 unspecified atom stereocenters. The van der Waals surface area contributed by atoms with Gasteiger partial charge in [-0.25, -0.2) is 0 Å². The number of carbonyl (C=O) groups is 1. The maximum Gasteiger partial charge on any atom is 0.309 e. The first-order valence-electron chi connectivity index (χ1n) is 5.21. The van der Waals surface area contributed by atoms with E-state index in [0.29, 0.717) is 24.4 Å². The Morgan fingerprint density at radius 1 is 1.31 bits per heavy atom. The summed E-state index contributed by atoms with van der Waals surface area (Å²) in [6, 6.07) is 0. The fourth-order valence-electron chi connectivity index (χ4n) is 2.78. The summed E-state index contributed by atoms with van der Waals surface area (Å²) in [4.78, 5) is 11.2. The van der Waals surface area contributed by atoms with Crippen LogP contribution in [-0.2, 0) is 9.53 Å². The molecule has 3 rings (SSSR count). The number of hydrogen-bond donors (Lipinski definition) is 0. The minimum absolute atomic E-state index is 0.0480. The van der Waals surface area contributed by atoms with E-state index in [1.165, 1.54) is 6.42 Å². The third-order valence-electron chi connectivity index (χ3n) is 3.31. The minimum atomic E-state index is 0.0480. The van der Waals surface area contributed by atoms with Crippen LogP contribution in [0.5, 0.6) is 0 Å². The highest BCUT2D eigenvalue weighted by atomic mass is 16.5. The molecule has 72 valence electrons. The van der Waals surface area contributed by atoms with Gasteiger partial charge in [-0.3, -0.25) is 4.79 Å². The molecule has 0 aromatic carbocycles. The number of cyclic esters (lactones) is 1. The highest BCUT2D eigenvalue weighted by Gasteiger charge is 2.52. The Morgan fingerprint density at radius 3 is 2.69 bits per heavy atom. The van der Waals surface area contributed by atoms with Crippen molar-refractivity contribution in [1.29, 1.82) is 0 Å². The van der Waals surface area contributed by atoms with E-state index in [9.17, 15) is 4.79 Å². The standard InChI is InChI=1S/C9H10O2.C2H6/c10-9-8-6-2-1-5(3-6)7(8)4-11-9;1-2/h1-2,5-8H,3-4H2;1-2H3. The Bertz CT molecular complexity index is 244. The molecule has 13 heavy (non-hydrogen) atoms. The summed E-state index contributed by atoms with van der Waals surface area (Å²) in [5, 5.41) is 0. The SMILES string of the molecule is CC.O=C1OCC2C3C=CC(C3)C12. The van der Waals surface area contributed by atoms with Gasteiger partial charge >= 0.3 is 5.97 Å². The highest BCUT2D eigenvalue weighted by Crippen LogP contribution is 2.50. The van der Waals surface area contributed by atoms with Gasteiger partial charge in [0, 0.05) is 5.92 Å². The zero-order valence-corrected chi connectivity index (χ0v) is 8.19. The van der Waals surface area contributed by atoms with Crippen molar-refractivity contribution >= 4 is 5.97 Å². The van der Waals surface area contributed by atoms with Crippen LogP contribution in [0.15, 0.2) is 12.2 Å². The largest absolute Gasteiger partial charge is 0.465 e. The molecule has 0 N–H and O–H groups in total. The molecule has 2 nitrogen and oxygen atoms in total. The molecule has 2 aliphatic carbocycles. The minimum Gasteiger partial charge on any atom is -0.465 e. The van der Waals surface area contributed by atoms with Crippen molar-refractivity contribution in [1.82, 2.24) is 0 Å². The monoisotopic (exact) mass is 180 g/mol. The van der Waals surface area contributed by atoms with E-state index in [2.05, 4.69) is 12.2 Å². The van der Waals surface area contributed by atoms with Crippen LogP contribution in [0.1, 0.15) is 20.3 Å². The predicted molar refractivity (Wildman–Crippen MR) is 50.0 cm³/mol. The number of rotatable bonds is 0. The molecule has 0 spiro atoms. The lowest BCUT2D eigenvalue weighted by atomic mass is 9.86. The summed E-state index contributed by atoms with van der Waals surface area (Å²) in [5.74, 6) is 1.96. The first-order chi connectivity index (χ1) is 6.36. The van der Waals surface area contributed by atoms with Crippen molar-refractivity contribution in [3.63, 3.8) is 0 Å². The van der Waals surface area contributed by atoms with Gasteiger partial charge in [-0.15, -0.1) is 0 Å². The van der Waals surface area contributed by atoms with Crippen LogP contribution in [0.2, 0.25) is 0 Å². The summed E-state index contributed by atoms with van der Waals surface area (Å²) < 4.78 is 5.02. The van der Waals surface area contributed by atoms with Gasteiger partial charge in [0.25, 0.3) is 0 Å². The lowest BCUT2D eigenvalue weighted by molar-refractivity contribution is -0.142. The van der Waals surface area contributed by atoms with Gasteiger partial charge in [0.1, 0.15) is 0 Å². The number of hydrogen-bond acceptors (Lipinski definition) is 2. The van der Waals surface area contributed by atoms with Crippen LogP contribution in [0.4, 0.5) is 0 Å². The average molecular weight is 180 g/mol. The van der Waals surface area contributed by atoms with Crippen LogP contribution >= 0.6 is 0 Å². The van der Waals surface area contributed by atoms with Gasteiger partial charge in [0.2, 0.25) is 0 Å². The number of esters is 1. The van der Waals surface area contributed by atoms with Crippen LogP contribution in [0, 0.1) is 23.7 Å². The van der Waals surface area contributed by atoms with Gasteiger partial charge < -0.3 is 4.74 Å². The van der Waals surface area contributed by atoms with Crippen molar-refractivity contribution in [2.45, 2.75) is 20.3 Å². The summed E-state index contributed by atoms with van der Waals surface area (Å²) >= 11 is 0. The van der Waals surface area contributed by atoms with Gasteiger partial charge in [0.05, 0.1) is 12.5 Å². The number of ether oxygens (including phenoxy) is 1. The lowest BCUT2D eigenvalue weighted by Gasteiger charge is -2.14. The molecule has 0 radical (unpaired) electrons. The second-order valence-electron chi connectivity index (χ2n) is 3.77. The molecule has 1 heterocycles. The summed E-state index contributed by atoms with van der Waals surface area (Å²) in [7, 11) is 0. The van der Waals surface area contributed by atoms with Gasteiger partial charge in [-0.05, 0) is 18.3 Å². The third kappa shape index (κ3) is 1.11. The third-order valence-corrected chi connectivity index (χ3v) is 3.31. The molecule has 3 aliphatic rings. The summed E-state index contributed by atoms with van der Waals surface area (Å²) in [5.41, 5.74) is 0. The molecule has 0 amide bonds. The van der Waals surface area contributed by atoms with Crippen molar-refractivity contribution in [3.05, 3.63) is 12.2 Å². The molecule has 2 bridgehead atoms. The van der Waals surface area contributed by atoms with Gasteiger partial charge in [0.15, 0.2) is 0 Å². The first kappa shape index (κ1) is 8.79. The number of allylic oxidation sites excluding steroid dienone is 2. The predicted octanol–water partition coefficient (Wildman–Crippen LogP) is 2.01. The summed E-state index contributed by atoms with van der Waals surface area (Å²) in [6.45, 7) is 4.68. The van der Waals surface area contributed by atoms with Crippen LogP contribution in [0.25, 0.3) is 0 Å². The van der Waals surface area contributed by atoms with Crippen molar-refractivity contribution < 1.29 is 9.53 Å². The molecule has 1 saturated carbocycles. The van der Waals surface area contributed by atoms with E-state index in [1.54, 1.807) is 0 Å². The topological polar surface area (TPSA) is 26.3 Å².